The van der Waals surface area contributed by atoms with Gasteiger partial charge in [-0.3, -0.25) is 4.79 Å². The Morgan fingerprint density at radius 2 is 2.25 bits per heavy atom. The Bertz CT molecular complexity index is 324. The summed E-state index contributed by atoms with van der Waals surface area (Å²) >= 11 is 0. The van der Waals surface area contributed by atoms with Crippen molar-refractivity contribution in [2.24, 2.45) is 5.73 Å². The van der Waals surface area contributed by atoms with Gasteiger partial charge >= 0.3 is 0 Å². The maximum atomic E-state index is 11.4. The van der Waals surface area contributed by atoms with Crippen molar-refractivity contribution in [3.05, 3.63) is 11.7 Å². The fourth-order valence-electron chi connectivity index (χ4n) is 1.29. The average Bonchev–Trinajstić information content (AvgIpc) is 2.68. The molecular weight excluding hydrogens is 208 g/mol. The fraction of sp³-hybridized carbons (Fsp3) is 0.700. The van der Waals surface area contributed by atoms with Gasteiger partial charge in [-0.1, -0.05) is 11.6 Å². The van der Waals surface area contributed by atoms with Crippen molar-refractivity contribution >= 4 is 5.91 Å². The number of unbranched alkanes of at least 4 members (excludes halogenated alkanes) is 2. The molecule has 1 aromatic heterocycles. The van der Waals surface area contributed by atoms with Crippen molar-refractivity contribution in [3.63, 3.8) is 0 Å². The van der Waals surface area contributed by atoms with E-state index >= 15 is 0 Å². The van der Waals surface area contributed by atoms with Crippen LogP contribution in [0.4, 0.5) is 0 Å². The van der Waals surface area contributed by atoms with Crippen molar-refractivity contribution < 1.29 is 9.32 Å². The Labute approximate surface area is 94.6 Å². The van der Waals surface area contributed by atoms with E-state index in [9.17, 15) is 4.79 Å². The predicted molar refractivity (Wildman–Crippen MR) is 58.4 cm³/mol. The summed E-state index contributed by atoms with van der Waals surface area (Å²) in [6.07, 6.45) is 3.35. The van der Waals surface area contributed by atoms with Gasteiger partial charge in [-0.25, -0.2) is 0 Å². The van der Waals surface area contributed by atoms with Crippen molar-refractivity contribution in [2.45, 2.75) is 39.2 Å². The van der Waals surface area contributed by atoms with Crippen molar-refractivity contribution in [1.29, 1.82) is 0 Å². The quantitative estimate of drug-likeness (QED) is 0.661. The molecule has 1 amide bonds. The second kappa shape index (κ2) is 6.95. The standard InChI is InChI=1S/C10H18N4O2/c1-8-13-9(14-16-8)7-12-10(15)5-3-2-4-6-11/h2-7,11H2,1H3,(H,12,15). The number of aryl methyl sites for hydroxylation is 1. The minimum Gasteiger partial charge on any atom is -0.349 e. The largest absolute Gasteiger partial charge is 0.349 e. The highest BCUT2D eigenvalue weighted by molar-refractivity contribution is 5.75. The molecule has 3 N–H and O–H groups in total. The SMILES string of the molecule is Cc1nc(CNC(=O)CCCCCN)no1. The molecule has 90 valence electrons. The molecule has 0 saturated heterocycles. The van der Waals surface area contributed by atoms with Gasteiger partial charge in [-0.05, 0) is 19.4 Å². The third-order valence-electron chi connectivity index (χ3n) is 2.12. The number of aromatic nitrogens is 2. The van der Waals surface area contributed by atoms with E-state index < -0.39 is 0 Å². The normalized spacial score (nSPS) is 10.4. The smallest absolute Gasteiger partial charge is 0.223 e. The Morgan fingerprint density at radius 1 is 1.44 bits per heavy atom. The van der Waals surface area contributed by atoms with Crippen LogP contribution in [0.1, 0.15) is 37.4 Å². The first-order chi connectivity index (χ1) is 7.72. The van der Waals surface area contributed by atoms with Crippen LogP contribution < -0.4 is 11.1 Å². The van der Waals surface area contributed by atoms with Crippen molar-refractivity contribution in [3.8, 4) is 0 Å². The molecule has 1 aromatic rings. The molecule has 1 heterocycles. The van der Waals surface area contributed by atoms with Crippen LogP contribution in [-0.4, -0.2) is 22.6 Å². The zero-order valence-electron chi connectivity index (χ0n) is 9.53. The van der Waals surface area contributed by atoms with Crippen LogP contribution in [0, 0.1) is 6.92 Å². The van der Waals surface area contributed by atoms with E-state index in [1.165, 1.54) is 0 Å². The van der Waals surface area contributed by atoms with Crippen molar-refractivity contribution in [2.75, 3.05) is 6.54 Å². The Balaban J connectivity index is 2.10. The average molecular weight is 226 g/mol. The molecule has 0 fully saturated rings. The van der Waals surface area contributed by atoms with Crippen LogP contribution in [0.25, 0.3) is 0 Å². The van der Waals surface area contributed by atoms with Gasteiger partial charge < -0.3 is 15.6 Å². The molecule has 0 aliphatic heterocycles. The Hall–Kier alpha value is -1.43. The topological polar surface area (TPSA) is 94.0 Å². The number of amides is 1. The number of carbonyl (C=O) groups is 1. The lowest BCUT2D eigenvalue weighted by Gasteiger charge is -2.01. The van der Waals surface area contributed by atoms with Crippen LogP contribution in [0.5, 0.6) is 0 Å². The Morgan fingerprint density at radius 3 is 2.88 bits per heavy atom. The van der Waals surface area contributed by atoms with Crippen LogP contribution in [0.3, 0.4) is 0 Å². The Kier molecular flexibility index (Phi) is 5.49. The minimum atomic E-state index is 0.0134. The number of carbonyl (C=O) groups excluding carboxylic acids is 1. The third-order valence-corrected chi connectivity index (χ3v) is 2.12. The number of hydrogen-bond donors (Lipinski definition) is 2. The molecule has 0 aliphatic rings. The summed E-state index contributed by atoms with van der Waals surface area (Å²) in [5, 5.41) is 6.41. The van der Waals surface area contributed by atoms with Gasteiger partial charge in [0.25, 0.3) is 0 Å². The molecule has 1 rings (SSSR count). The van der Waals surface area contributed by atoms with Crippen LogP contribution in [0.2, 0.25) is 0 Å². The van der Waals surface area contributed by atoms with Crippen LogP contribution in [-0.2, 0) is 11.3 Å². The molecule has 0 saturated carbocycles. The summed E-state index contributed by atoms with van der Waals surface area (Å²) < 4.78 is 4.78. The molecule has 16 heavy (non-hydrogen) atoms. The first kappa shape index (κ1) is 12.6. The lowest BCUT2D eigenvalue weighted by Crippen LogP contribution is -2.23. The van der Waals surface area contributed by atoms with Gasteiger partial charge in [0.1, 0.15) is 0 Å². The van der Waals surface area contributed by atoms with E-state index in [-0.39, 0.29) is 5.91 Å². The van der Waals surface area contributed by atoms with Crippen LogP contribution in [0.15, 0.2) is 4.52 Å². The second-order valence-electron chi connectivity index (χ2n) is 3.61. The number of nitrogens with one attached hydrogen (secondary N) is 1. The van der Waals surface area contributed by atoms with Gasteiger partial charge in [0.05, 0.1) is 6.54 Å². The number of nitrogens with two attached hydrogens (primary N) is 1. The molecule has 6 nitrogen and oxygen atoms in total. The van der Waals surface area contributed by atoms with Crippen LogP contribution >= 0.6 is 0 Å². The monoisotopic (exact) mass is 226 g/mol. The van der Waals surface area contributed by atoms with Gasteiger partial charge in [0, 0.05) is 13.3 Å². The fourth-order valence-corrected chi connectivity index (χ4v) is 1.29. The highest BCUT2D eigenvalue weighted by Gasteiger charge is 2.04. The molecular formula is C10H18N4O2. The maximum absolute atomic E-state index is 11.4. The van der Waals surface area contributed by atoms with Crippen molar-refractivity contribution in [1.82, 2.24) is 15.5 Å². The van der Waals surface area contributed by atoms with Gasteiger partial charge in [-0.2, -0.15) is 4.98 Å². The molecule has 0 aliphatic carbocycles. The number of rotatable bonds is 7. The highest BCUT2D eigenvalue weighted by Crippen LogP contribution is 1.99. The first-order valence-electron chi connectivity index (χ1n) is 5.48. The number of hydrogen-bond acceptors (Lipinski definition) is 5. The van der Waals surface area contributed by atoms with Gasteiger partial charge in [-0.15, -0.1) is 0 Å². The van der Waals surface area contributed by atoms with Gasteiger partial charge in [0.2, 0.25) is 11.8 Å². The minimum absolute atomic E-state index is 0.0134. The summed E-state index contributed by atoms with van der Waals surface area (Å²) in [6.45, 7) is 2.72. The van der Waals surface area contributed by atoms with E-state index in [0.717, 1.165) is 19.3 Å². The third kappa shape index (κ3) is 4.88. The lowest BCUT2D eigenvalue weighted by molar-refractivity contribution is -0.121. The molecule has 0 bridgehead atoms. The molecule has 0 spiro atoms. The second-order valence-corrected chi connectivity index (χ2v) is 3.61. The van der Waals surface area contributed by atoms with E-state index in [2.05, 4.69) is 15.5 Å². The molecule has 0 radical (unpaired) electrons. The summed E-state index contributed by atoms with van der Waals surface area (Å²) in [5.74, 6) is 1.03. The van der Waals surface area contributed by atoms with Gasteiger partial charge in [0.15, 0.2) is 5.82 Å². The van der Waals surface area contributed by atoms with E-state index in [4.69, 9.17) is 10.3 Å². The summed E-state index contributed by atoms with van der Waals surface area (Å²) in [5.41, 5.74) is 5.35. The molecule has 0 unspecified atom stereocenters. The first-order valence-corrected chi connectivity index (χ1v) is 5.48. The zero-order valence-corrected chi connectivity index (χ0v) is 9.53. The van der Waals surface area contributed by atoms with E-state index in [1.54, 1.807) is 6.92 Å². The molecule has 0 aromatic carbocycles. The summed E-state index contributed by atoms with van der Waals surface area (Å²) in [7, 11) is 0. The highest BCUT2D eigenvalue weighted by atomic mass is 16.5. The summed E-state index contributed by atoms with van der Waals surface area (Å²) in [6, 6.07) is 0. The summed E-state index contributed by atoms with van der Waals surface area (Å²) in [4.78, 5) is 15.3. The van der Waals surface area contributed by atoms with E-state index in [0.29, 0.717) is 31.2 Å². The molecule has 6 heteroatoms. The predicted octanol–water partition coefficient (Wildman–Crippen LogP) is 0.513. The molecule has 0 atom stereocenters. The van der Waals surface area contributed by atoms with E-state index in [1.807, 2.05) is 0 Å². The number of nitrogens with zero attached hydrogens (tertiary/aromatic N) is 2. The maximum Gasteiger partial charge on any atom is 0.223 e. The lowest BCUT2D eigenvalue weighted by atomic mass is 10.2. The zero-order chi connectivity index (χ0) is 11.8.